The Morgan fingerprint density at radius 2 is 1.55 bits per heavy atom. The van der Waals surface area contributed by atoms with Crippen molar-refractivity contribution in [3.63, 3.8) is 0 Å². The van der Waals surface area contributed by atoms with Gasteiger partial charge in [-0.25, -0.2) is 18.1 Å². The highest BCUT2D eigenvalue weighted by Crippen LogP contribution is 2.46. The van der Waals surface area contributed by atoms with E-state index in [4.69, 9.17) is 4.98 Å². The number of fused-ring (bicyclic) bond motifs is 4. The lowest BCUT2D eigenvalue weighted by atomic mass is 9.88. The van der Waals surface area contributed by atoms with Gasteiger partial charge in [-0.2, -0.15) is 22.6 Å². The van der Waals surface area contributed by atoms with E-state index in [1.54, 1.807) is 41.6 Å². The highest BCUT2D eigenvalue weighted by atomic mass is 32.2. The molecule has 228 valence electrons. The van der Waals surface area contributed by atoms with Crippen LogP contribution < -0.4 is 0 Å². The van der Waals surface area contributed by atoms with Gasteiger partial charge in [0, 0.05) is 35.7 Å². The summed E-state index contributed by atoms with van der Waals surface area (Å²) in [6, 6.07) is 17.8. The van der Waals surface area contributed by atoms with Crippen LogP contribution in [0.25, 0.3) is 33.7 Å². The first-order valence-electron chi connectivity index (χ1n) is 14.9. The molecule has 0 bridgehead atoms. The molecule has 5 aromatic rings. The van der Waals surface area contributed by atoms with Crippen molar-refractivity contribution in [3.05, 3.63) is 88.9 Å². The normalized spacial score (nSPS) is 16.1. The maximum atomic E-state index is 14.8. The minimum Gasteiger partial charge on any atom is -0.317 e. The Morgan fingerprint density at radius 1 is 0.841 bits per heavy atom. The van der Waals surface area contributed by atoms with E-state index in [0.717, 1.165) is 37.1 Å². The van der Waals surface area contributed by atoms with Gasteiger partial charge in [0.25, 0.3) is 0 Å². The van der Waals surface area contributed by atoms with Crippen LogP contribution in [0.3, 0.4) is 0 Å². The second-order valence-electron chi connectivity index (χ2n) is 11.6. The van der Waals surface area contributed by atoms with Crippen LogP contribution >= 0.6 is 0 Å². The highest BCUT2D eigenvalue weighted by Gasteiger charge is 2.41. The number of benzene rings is 2. The summed E-state index contributed by atoms with van der Waals surface area (Å²) in [5.74, 6) is 0. The zero-order chi connectivity index (χ0) is 30.8. The molecular formula is C33H32F3N5O2S. The maximum absolute atomic E-state index is 14.8. The maximum Gasteiger partial charge on any atom is 0.417 e. The lowest BCUT2D eigenvalue weighted by molar-refractivity contribution is -0.136. The van der Waals surface area contributed by atoms with Crippen LogP contribution in [0.5, 0.6) is 0 Å². The van der Waals surface area contributed by atoms with Crippen molar-refractivity contribution >= 4 is 21.1 Å². The van der Waals surface area contributed by atoms with Crippen molar-refractivity contribution in [1.29, 1.82) is 0 Å². The van der Waals surface area contributed by atoms with Gasteiger partial charge < -0.3 is 4.57 Å². The number of nitrogens with zero attached hydrogens (tertiary/aromatic N) is 5. The number of aromatic nitrogens is 4. The molecule has 0 unspecified atom stereocenters. The molecule has 1 aliphatic carbocycles. The monoisotopic (exact) mass is 619 g/mol. The lowest BCUT2D eigenvalue weighted by Crippen LogP contribution is -2.32. The molecular weight excluding hydrogens is 587 g/mol. The highest BCUT2D eigenvalue weighted by molar-refractivity contribution is 7.89. The van der Waals surface area contributed by atoms with E-state index < -0.39 is 21.8 Å². The van der Waals surface area contributed by atoms with Crippen molar-refractivity contribution in [2.24, 2.45) is 0 Å². The minimum absolute atomic E-state index is 0.0196. The van der Waals surface area contributed by atoms with Crippen molar-refractivity contribution < 1.29 is 21.6 Å². The largest absolute Gasteiger partial charge is 0.417 e. The van der Waals surface area contributed by atoms with Crippen LogP contribution in [0.15, 0.2) is 65.6 Å². The number of sulfonamides is 1. The molecule has 2 aliphatic rings. The molecule has 1 fully saturated rings. The second-order valence-corrected chi connectivity index (χ2v) is 13.6. The SMILES string of the molecule is Cc1nn(-c2ccccc2)c2nc3c(c(C(F)(F)F)c12)CCc1c-3cc(C)n1-c1cccc(S(=O)(=O)N2CCCCCC2)c1. The Morgan fingerprint density at radius 3 is 2.25 bits per heavy atom. The number of rotatable bonds is 4. The summed E-state index contributed by atoms with van der Waals surface area (Å²) in [4.78, 5) is 5.11. The van der Waals surface area contributed by atoms with Gasteiger partial charge in [-0.1, -0.05) is 37.1 Å². The van der Waals surface area contributed by atoms with Crippen LogP contribution in [0.1, 0.15) is 53.9 Å². The Hall–Kier alpha value is -3.96. The average Bonchev–Trinajstić information content (AvgIpc) is 3.36. The summed E-state index contributed by atoms with van der Waals surface area (Å²) in [7, 11) is -3.68. The summed E-state index contributed by atoms with van der Waals surface area (Å²) in [6.45, 7) is 4.48. The standard InChI is InChI=1S/C33H32F3N5O2S/c1-21-19-27-28(40(21)24-13-10-14-25(20-24)44(42,43)39-17-8-3-4-9-18-39)16-15-26-30(33(34,35)36)29-22(2)38-41(32(29)37-31(26)27)23-11-6-5-7-12-23/h5-7,10-14,19-20H,3-4,8-9,15-18H2,1-2H3. The van der Waals surface area contributed by atoms with E-state index in [0.29, 0.717) is 42.1 Å². The molecule has 0 atom stereocenters. The van der Waals surface area contributed by atoms with Gasteiger partial charge in [0.1, 0.15) is 0 Å². The molecule has 0 radical (unpaired) electrons. The molecule has 1 saturated heterocycles. The summed E-state index contributed by atoms with van der Waals surface area (Å²) in [5.41, 5.74) is 3.70. The summed E-state index contributed by atoms with van der Waals surface area (Å²) >= 11 is 0. The molecule has 4 heterocycles. The number of hydrogen-bond donors (Lipinski definition) is 0. The fourth-order valence-corrected chi connectivity index (χ4v) is 8.40. The lowest BCUT2D eigenvalue weighted by Gasteiger charge is -2.24. The molecule has 44 heavy (non-hydrogen) atoms. The van der Waals surface area contributed by atoms with Gasteiger partial charge in [0.15, 0.2) is 5.65 Å². The third kappa shape index (κ3) is 4.64. The van der Waals surface area contributed by atoms with Crippen molar-refractivity contribution in [3.8, 4) is 22.6 Å². The van der Waals surface area contributed by atoms with Crippen LogP contribution in [0, 0.1) is 13.8 Å². The first kappa shape index (κ1) is 28.8. The van der Waals surface area contributed by atoms with Gasteiger partial charge in [0.2, 0.25) is 10.0 Å². The third-order valence-electron chi connectivity index (χ3n) is 8.81. The molecule has 1 aliphatic heterocycles. The first-order valence-corrected chi connectivity index (χ1v) is 16.4. The van der Waals surface area contributed by atoms with Gasteiger partial charge in [-0.15, -0.1) is 0 Å². The van der Waals surface area contributed by atoms with E-state index in [9.17, 15) is 21.6 Å². The fourth-order valence-electron chi connectivity index (χ4n) is 6.84. The van der Waals surface area contributed by atoms with E-state index >= 15 is 0 Å². The minimum atomic E-state index is -4.61. The van der Waals surface area contributed by atoms with Gasteiger partial charge >= 0.3 is 6.18 Å². The van der Waals surface area contributed by atoms with Crippen LogP contribution in [0.4, 0.5) is 13.2 Å². The van der Waals surface area contributed by atoms with E-state index in [-0.39, 0.29) is 33.6 Å². The molecule has 0 saturated carbocycles. The topological polar surface area (TPSA) is 73.0 Å². The van der Waals surface area contributed by atoms with Crippen LogP contribution in [0.2, 0.25) is 0 Å². The predicted molar refractivity (Wildman–Crippen MR) is 163 cm³/mol. The van der Waals surface area contributed by atoms with E-state index in [2.05, 4.69) is 5.10 Å². The fraction of sp³-hybridized carbons (Fsp3) is 0.333. The van der Waals surface area contributed by atoms with Gasteiger partial charge in [0.05, 0.1) is 32.9 Å². The molecule has 0 amide bonds. The number of aryl methyl sites for hydroxylation is 2. The molecule has 2 aromatic carbocycles. The van der Waals surface area contributed by atoms with Crippen molar-refractivity contribution in [2.45, 2.75) is 63.4 Å². The number of halogens is 3. The first-order chi connectivity index (χ1) is 21.1. The third-order valence-corrected chi connectivity index (χ3v) is 10.7. The average molecular weight is 620 g/mol. The van der Waals surface area contributed by atoms with Gasteiger partial charge in [-0.05, 0) is 81.5 Å². The molecule has 0 spiro atoms. The zero-order valence-corrected chi connectivity index (χ0v) is 25.3. The van der Waals surface area contributed by atoms with Crippen molar-refractivity contribution in [1.82, 2.24) is 23.6 Å². The quantitative estimate of drug-likeness (QED) is 0.214. The second kappa shape index (κ2) is 10.6. The number of alkyl halides is 3. The number of pyridine rings is 1. The number of hydrogen-bond acceptors (Lipinski definition) is 4. The van der Waals surface area contributed by atoms with Crippen LogP contribution in [-0.4, -0.2) is 45.1 Å². The van der Waals surface area contributed by atoms with Gasteiger partial charge in [-0.3, -0.25) is 0 Å². The zero-order valence-electron chi connectivity index (χ0n) is 24.5. The van der Waals surface area contributed by atoms with Crippen LogP contribution in [-0.2, 0) is 29.0 Å². The Bertz CT molecular complexity index is 2000. The van der Waals surface area contributed by atoms with E-state index in [1.807, 2.05) is 41.8 Å². The van der Waals surface area contributed by atoms with Crippen molar-refractivity contribution in [2.75, 3.05) is 13.1 Å². The smallest absolute Gasteiger partial charge is 0.317 e. The number of para-hydroxylation sites is 1. The molecule has 11 heteroatoms. The summed E-state index contributed by atoms with van der Waals surface area (Å²) < 4.78 is 76.7. The Labute approximate surface area is 254 Å². The summed E-state index contributed by atoms with van der Waals surface area (Å²) in [6.07, 6.45) is -0.399. The predicted octanol–water partition coefficient (Wildman–Crippen LogP) is 7.18. The Balaban J connectivity index is 1.40. The molecule has 7 rings (SSSR count). The molecule has 3 aromatic heterocycles. The Kier molecular flexibility index (Phi) is 6.93. The molecule has 0 N–H and O–H groups in total. The van der Waals surface area contributed by atoms with E-state index in [1.165, 1.54) is 4.68 Å². The molecule has 7 nitrogen and oxygen atoms in total. The summed E-state index contributed by atoms with van der Waals surface area (Å²) in [5, 5.41) is 4.52.